The van der Waals surface area contributed by atoms with Crippen LogP contribution >= 0.6 is 0 Å². The molecule has 1 amide bonds. The Hall–Kier alpha value is -3.29. The van der Waals surface area contributed by atoms with E-state index in [1.54, 1.807) is 29.8 Å². The predicted molar refractivity (Wildman–Crippen MR) is 105 cm³/mol. The smallest absolute Gasteiger partial charge is 0.258 e. The SMILES string of the molecule is CC(=O)c1c(C)nn([C@@H](C)CC(=O)NCc2nc3ccccc3c(=O)[nH]2)c1C. The normalized spacial score (nSPS) is 12.1. The summed E-state index contributed by atoms with van der Waals surface area (Å²) >= 11 is 0. The quantitative estimate of drug-likeness (QED) is 0.636. The number of ketones is 1. The Bertz CT molecular complexity index is 1110. The first-order valence-electron chi connectivity index (χ1n) is 9.09. The van der Waals surface area contributed by atoms with Crippen molar-refractivity contribution in [2.45, 2.75) is 46.7 Å². The number of carbonyl (C=O) groups excluding carboxylic acids is 2. The van der Waals surface area contributed by atoms with Crippen molar-refractivity contribution in [1.82, 2.24) is 25.1 Å². The van der Waals surface area contributed by atoms with Crippen molar-refractivity contribution in [3.63, 3.8) is 0 Å². The molecule has 0 saturated carbocycles. The van der Waals surface area contributed by atoms with Gasteiger partial charge in [0, 0.05) is 12.1 Å². The van der Waals surface area contributed by atoms with E-state index >= 15 is 0 Å². The monoisotopic (exact) mass is 381 g/mol. The van der Waals surface area contributed by atoms with Crippen LogP contribution in [0.15, 0.2) is 29.1 Å². The minimum Gasteiger partial charge on any atom is -0.349 e. The molecular weight excluding hydrogens is 358 g/mol. The lowest BCUT2D eigenvalue weighted by Gasteiger charge is -2.14. The van der Waals surface area contributed by atoms with E-state index in [2.05, 4.69) is 20.4 Å². The van der Waals surface area contributed by atoms with E-state index in [0.717, 1.165) is 5.69 Å². The maximum absolute atomic E-state index is 12.3. The number of benzene rings is 1. The average Bonchev–Trinajstić information content (AvgIpc) is 2.94. The van der Waals surface area contributed by atoms with Crippen LogP contribution in [0.4, 0.5) is 0 Å². The Kier molecular flexibility index (Phi) is 5.39. The molecule has 28 heavy (non-hydrogen) atoms. The van der Waals surface area contributed by atoms with E-state index in [0.29, 0.717) is 28.0 Å². The summed E-state index contributed by atoms with van der Waals surface area (Å²) in [7, 11) is 0. The number of aromatic nitrogens is 4. The molecule has 0 unspecified atom stereocenters. The zero-order chi connectivity index (χ0) is 20.4. The van der Waals surface area contributed by atoms with Gasteiger partial charge >= 0.3 is 0 Å². The number of carbonyl (C=O) groups is 2. The molecular formula is C20H23N5O3. The van der Waals surface area contributed by atoms with E-state index in [1.807, 2.05) is 19.9 Å². The van der Waals surface area contributed by atoms with Crippen LogP contribution in [-0.4, -0.2) is 31.4 Å². The van der Waals surface area contributed by atoms with E-state index < -0.39 is 0 Å². The van der Waals surface area contributed by atoms with E-state index in [1.165, 1.54) is 6.92 Å². The van der Waals surface area contributed by atoms with E-state index in [9.17, 15) is 14.4 Å². The molecule has 1 aromatic carbocycles. The minimum absolute atomic E-state index is 0.0377. The highest BCUT2D eigenvalue weighted by atomic mass is 16.2. The highest BCUT2D eigenvalue weighted by Crippen LogP contribution is 2.20. The predicted octanol–water partition coefficient (Wildman–Crippen LogP) is 2.21. The Morgan fingerprint density at radius 1 is 1.25 bits per heavy atom. The molecule has 1 atom stereocenters. The Morgan fingerprint density at radius 3 is 2.64 bits per heavy atom. The van der Waals surface area contributed by atoms with Gasteiger partial charge < -0.3 is 10.3 Å². The number of para-hydroxylation sites is 1. The van der Waals surface area contributed by atoms with Gasteiger partial charge in [0.15, 0.2) is 5.78 Å². The fraction of sp³-hybridized carbons (Fsp3) is 0.350. The lowest BCUT2D eigenvalue weighted by atomic mass is 10.1. The van der Waals surface area contributed by atoms with Gasteiger partial charge in [-0.1, -0.05) is 12.1 Å². The van der Waals surface area contributed by atoms with Crippen LogP contribution in [0.25, 0.3) is 10.9 Å². The molecule has 0 aliphatic rings. The number of amides is 1. The van der Waals surface area contributed by atoms with Crippen LogP contribution < -0.4 is 10.9 Å². The molecule has 146 valence electrons. The molecule has 8 nitrogen and oxygen atoms in total. The standard InChI is InChI=1S/C20H23N5O3/c1-11(25-13(3)19(14(4)26)12(2)24-25)9-18(27)21-10-17-22-16-8-6-5-7-15(16)20(28)23-17/h5-8,11H,9-10H2,1-4H3,(H,21,27)(H,22,23,28)/t11-/m0/s1. The van der Waals surface area contributed by atoms with Crippen molar-refractivity contribution in [1.29, 1.82) is 0 Å². The van der Waals surface area contributed by atoms with Crippen LogP contribution in [-0.2, 0) is 11.3 Å². The van der Waals surface area contributed by atoms with Crippen LogP contribution in [0, 0.1) is 13.8 Å². The van der Waals surface area contributed by atoms with Gasteiger partial charge in [-0.3, -0.25) is 19.1 Å². The maximum Gasteiger partial charge on any atom is 0.258 e. The van der Waals surface area contributed by atoms with Crippen molar-refractivity contribution in [2.75, 3.05) is 0 Å². The van der Waals surface area contributed by atoms with Crippen LogP contribution in [0.1, 0.15) is 53.9 Å². The van der Waals surface area contributed by atoms with Crippen molar-refractivity contribution in [3.8, 4) is 0 Å². The van der Waals surface area contributed by atoms with Gasteiger partial charge in [-0.15, -0.1) is 0 Å². The van der Waals surface area contributed by atoms with Gasteiger partial charge in [0.05, 0.1) is 34.7 Å². The first kappa shape index (κ1) is 19.5. The second-order valence-corrected chi connectivity index (χ2v) is 6.91. The first-order valence-corrected chi connectivity index (χ1v) is 9.09. The van der Waals surface area contributed by atoms with Crippen molar-refractivity contribution in [3.05, 3.63) is 57.4 Å². The number of aryl methyl sites for hydroxylation is 1. The number of nitrogens with zero attached hydrogens (tertiary/aromatic N) is 3. The molecule has 0 saturated heterocycles. The number of H-pyrrole nitrogens is 1. The number of hydrogen-bond donors (Lipinski definition) is 2. The molecule has 3 aromatic rings. The van der Waals surface area contributed by atoms with Gasteiger partial charge in [0.2, 0.25) is 5.91 Å². The molecule has 2 heterocycles. The second-order valence-electron chi connectivity index (χ2n) is 6.91. The molecule has 2 N–H and O–H groups in total. The van der Waals surface area contributed by atoms with Crippen LogP contribution in [0.2, 0.25) is 0 Å². The lowest BCUT2D eigenvalue weighted by molar-refractivity contribution is -0.122. The van der Waals surface area contributed by atoms with Crippen molar-refractivity contribution >= 4 is 22.6 Å². The second kappa shape index (κ2) is 7.75. The third-order valence-corrected chi connectivity index (χ3v) is 4.69. The Morgan fingerprint density at radius 2 is 1.96 bits per heavy atom. The molecule has 0 spiro atoms. The fourth-order valence-corrected chi connectivity index (χ4v) is 3.43. The molecule has 0 aliphatic carbocycles. The number of hydrogen-bond acceptors (Lipinski definition) is 5. The van der Waals surface area contributed by atoms with Crippen molar-refractivity contribution < 1.29 is 9.59 Å². The molecule has 0 fully saturated rings. The zero-order valence-corrected chi connectivity index (χ0v) is 16.4. The van der Waals surface area contributed by atoms with Gasteiger partial charge in [-0.2, -0.15) is 5.10 Å². The maximum atomic E-state index is 12.3. The summed E-state index contributed by atoms with van der Waals surface area (Å²) in [5.74, 6) is 0.166. The molecule has 0 aliphatic heterocycles. The molecule has 8 heteroatoms. The molecule has 0 radical (unpaired) electrons. The van der Waals surface area contributed by atoms with Crippen LogP contribution in [0.3, 0.4) is 0 Å². The summed E-state index contributed by atoms with van der Waals surface area (Å²) in [5, 5.41) is 7.69. The Labute approximate surface area is 162 Å². The highest BCUT2D eigenvalue weighted by molar-refractivity contribution is 5.96. The number of nitrogens with one attached hydrogen (secondary N) is 2. The minimum atomic E-state index is -0.234. The van der Waals surface area contributed by atoms with Crippen LogP contribution in [0.5, 0.6) is 0 Å². The largest absolute Gasteiger partial charge is 0.349 e. The lowest BCUT2D eigenvalue weighted by Crippen LogP contribution is -2.28. The van der Waals surface area contributed by atoms with Crippen molar-refractivity contribution in [2.24, 2.45) is 0 Å². The van der Waals surface area contributed by atoms with Gasteiger partial charge in [0.25, 0.3) is 5.56 Å². The van der Waals surface area contributed by atoms with Gasteiger partial charge in [-0.05, 0) is 39.8 Å². The van der Waals surface area contributed by atoms with Gasteiger partial charge in [-0.25, -0.2) is 4.98 Å². The molecule has 2 aromatic heterocycles. The number of fused-ring (bicyclic) bond motifs is 1. The fourth-order valence-electron chi connectivity index (χ4n) is 3.43. The topological polar surface area (TPSA) is 110 Å². The highest BCUT2D eigenvalue weighted by Gasteiger charge is 2.20. The summed E-state index contributed by atoms with van der Waals surface area (Å²) in [6, 6.07) is 6.83. The van der Waals surface area contributed by atoms with Gasteiger partial charge in [0.1, 0.15) is 5.82 Å². The van der Waals surface area contributed by atoms with E-state index in [-0.39, 0.29) is 36.3 Å². The molecule has 3 rings (SSSR count). The van der Waals surface area contributed by atoms with E-state index in [4.69, 9.17) is 0 Å². The number of Topliss-reactive ketones (excluding diaryl/α,β-unsaturated/α-hetero) is 1. The summed E-state index contributed by atoms with van der Waals surface area (Å²) in [5.41, 5.74) is 2.37. The number of rotatable bonds is 6. The summed E-state index contributed by atoms with van der Waals surface area (Å²) < 4.78 is 1.71. The third-order valence-electron chi connectivity index (χ3n) is 4.69. The first-order chi connectivity index (χ1) is 13.3. The summed E-state index contributed by atoms with van der Waals surface area (Å²) in [6.45, 7) is 7.13. The summed E-state index contributed by atoms with van der Waals surface area (Å²) in [4.78, 5) is 43.2. The third kappa shape index (κ3) is 3.85. The molecule has 0 bridgehead atoms. The zero-order valence-electron chi connectivity index (χ0n) is 16.4. The summed E-state index contributed by atoms with van der Waals surface area (Å²) in [6.07, 6.45) is 0.192. The number of aromatic amines is 1. The Balaban J connectivity index is 1.67. The average molecular weight is 381 g/mol.